The highest BCUT2D eigenvalue weighted by Gasteiger charge is 2.18. The molecule has 0 radical (unpaired) electrons. The number of nitrogens with two attached hydrogens (primary N) is 1. The highest BCUT2D eigenvalue weighted by atomic mass is 16.5. The van der Waals surface area contributed by atoms with Gasteiger partial charge in [-0.3, -0.25) is 9.59 Å². The Morgan fingerprint density at radius 2 is 1.68 bits per heavy atom. The maximum Gasteiger partial charge on any atom is 0.242 e. The third-order valence-electron chi connectivity index (χ3n) is 5.88. The molecule has 0 aromatic heterocycles. The number of carbonyl (C=O) groups excluding carboxylic acids is 2. The summed E-state index contributed by atoms with van der Waals surface area (Å²) < 4.78 is 10.8. The van der Waals surface area contributed by atoms with Crippen molar-refractivity contribution in [2.75, 3.05) is 45.8 Å². The molecule has 1 amide bonds. The molecule has 3 rings (SSSR count). The quantitative estimate of drug-likeness (QED) is 0.435. The van der Waals surface area contributed by atoms with E-state index in [2.05, 4.69) is 0 Å². The molecule has 3 aromatic rings. The molecule has 0 bridgehead atoms. The fourth-order valence-electron chi connectivity index (χ4n) is 3.85. The number of hydrogen-bond acceptors (Lipinski definition) is 6. The lowest BCUT2D eigenvalue weighted by atomic mass is 10.0. The lowest BCUT2D eigenvalue weighted by molar-refractivity contribution is -0.130. The monoisotopic (exact) mass is 463 g/mol. The molecular weight excluding hydrogens is 430 g/mol. The number of carbonyl (C=O) groups is 2. The predicted octanol–water partition coefficient (Wildman–Crippen LogP) is 3.87. The summed E-state index contributed by atoms with van der Waals surface area (Å²) in [6, 6.07) is 17.2. The predicted molar refractivity (Wildman–Crippen MR) is 136 cm³/mol. The number of benzene rings is 3. The highest BCUT2D eigenvalue weighted by Crippen LogP contribution is 2.26. The Kier molecular flexibility index (Phi) is 8.49. The highest BCUT2D eigenvalue weighted by molar-refractivity contribution is 5.99. The zero-order chi connectivity index (χ0) is 24.7. The number of methoxy groups -OCH3 is 2. The molecule has 7 heteroatoms. The van der Waals surface area contributed by atoms with E-state index in [0.29, 0.717) is 43.1 Å². The van der Waals surface area contributed by atoms with E-state index in [1.807, 2.05) is 71.4 Å². The van der Waals surface area contributed by atoms with Gasteiger partial charge in [-0.2, -0.15) is 0 Å². The van der Waals surface area contributed by atoms with Crippen molar-refractivity contribution in [3.63, 3.8) is 0 Å². The van der Waals surface area contributed by atoms with Crippen LogP contribution in [0.3, 0.4) is 0 Å². The summed E-state index contributed by atoms with van der Waals surface area (Å²) in [5.74, 6) is 1.42. The van der Waals surface area contributed by atoms with E-state index in [4.69, 9.17) is 15.2 Å². The van der Waals surface area contributed by atoms with Gasteiger partial charge in [0.05, 0.1) is 20.8 Å². The molecule has 34 heavy (non-hydrogen) atoms. The van der Waals surface area contributed by atoms with Crippen LogP contribution >= 0.6 is 0 Å². The minimum absolute atomic E-state index is 0.000783. The van der Waals surface area contributed by atoms with Gasteiger partial charge in [-0.15, -0.1) is 0 Å². The molecule has 0 saturated carbocycles. The van der Waals surface area contributed by atoms with Crippen molar-refractivity contribution < 1.29 is 19.1 Å². The first-order valence-corrected chi connectivity index (χ1v) is 11.3. The average molecular weight is 464 g/mol. The van der Waals surface area contributed by atoms with Gasteiger partial charge in [0.25, 0.3) is 0 Å². The molecule has 2 N–H and O–H groups in total. The Hall–Kier alpha value is -3.58. The van der Waals surface area contributed by atoms with Crippen molar-refractivity contribution in [3.05, 3.63) is 65.7 Å². The van der Waals surface area contributed by atoms with Crippen LogP contribution in [0.1, 0.15) is 29.3 Å². The van der Waals surface area contributed by atoms with Crippen LogP contribution in [-0.2, 0) is 11.3 Å². The minimum Gasteiger partial charge on any atom is -0.497 e. The second-order valence-corrected chi connectivity index (χ2v) is 8.29. The summed E-state index contributed by atoms with van der Waals surface area (Å²) in [6.07, 6.45) is 0.711. The lowest BCUT2D eigenvalue weighted by Gasteiger charge is -2.27. The first-order valence-electron chi connectivity index (χ1n) is 11.3. The first kappa shape index (κ1) is 25.1. The Balaban J connectivity index is 1.77. The standard InChI is InChI=1S/C27H33N3O4/c1-19(31)20-6-7-22-15-24(10-8-21(22)14-20)29(2)18-27(32)30(13-5-12-28)17-23-9-11-25(33-3)16-26(23)34-4/h6-11,14-16H,5,12-13,17-18,28H2,1-4H3. The van der Waals surface area contributed by atoms with E-state index in [-0.39, 0.29) is 18.2 Å². The molecule has 0 saturated heterocycles. The van der Waals surface area contributed by atoms with Crippen LogP contribution in [0, 0.1) is 0 Å². The molecule has 0 heterocycles. The van der Waals surface area contributed by atoms with Gasteiger partial charge in [-0.1, -0.05) is 18.2 Å². The lowest BCUT2D eigenvalue weighted by Crippen LogP contribution is -2.39. The second kappa shape index (κ2) is 11.5. The summed E-state index contributed by atoms with van der Waals surface area (Å²) in [4.78, 5) is 28.7. The minimum atomic E-state index is 0.000783. The summed E-state index contributed by atoms with van der Waals surface area (Å²) in [7, 11) is 5.12. The zero-order valence-electron chi connectivity index (χ0n) is 20.3. The Morgan fingerprint density at radius 3 is 2.35 bits per heavy atom. The molecule has 0 aliphatic rings. The van der Waals surface area contributed by atoms with Gasteiger partial charge in [0, 0.05) is 43.0 Å². The summed E-state index contributed by atoms with van der Waals surface area (Å²) in [5, 5.41) is 2.01. The number of fused-ring (bicyclic) bond motifs is 1. The topological polar surface area (TPSA) is 85.1 Å². The summed E-state index contributed by atoms with van der Waals surface area (Å²) >= 11 is 0. The number of Topliss-reactive ketones (excluding diaryl/α,β-unsaturated/α-hetero) is 1. The number of rotatable bonds is 11. The normalized spacial score (nSPS) is 10.7. The third-order valence-corrected chi connectivity index (χ3v) is 5.88. The van der Waals surface area contributed by atoms with Gasteiger partial charge < -0.3 is 25.0 Å². The van der Waals surface area contributed by atoms with E-state index >= 15 is 0 Å². The summed E-state index contributed by atoms with van der Waals surface area (Å²) in [6.45, 7) is 3.27. The van der Waals surface area contributed by atoms with Crippen LogP contribution < -0.4 is 20.1 Å². The summed E-state index contributed by atoms with van der Waals surface area (Å²) in [5.41, 5.74) is 8.25. The number of ether oxygens (including phenoxy) is 2. The number of likely N-dealkylation sites (N-methyl/N-ethyl adjacent to an activating group) is 1. The van der Waals surface area contributed by atoms with Gasteiger partial charge in [0.2, 0.25) is 5.91 Å². The van der Waals surface area contributed by atoms with Gasteiger partial charge >= 0.3 is 0 Å². The van der Waals surface area contributed by atoms with Crippen molar-refractivity contribution in [1.82, 2.24) is 4.90 Å². The fraction of sp³-hybridized carbons (Fsp3) is 0.333. The number of hydrogen-bond donors (Lipinski definition) is 1. The number of anilines is 1. The molecule has 0 aliphatic heterocycles. The van der Waals surface area contributed by atoms with Gasteiger partial charge in [-0.05, 0) is 61.0 Å². The molecule has 0 unspecified atom stereocenters. The SMILES string of the molecule is COc1ccc(CN(CCCN)C(=O)CN(C)c2ccc3cc(C(C)=O)ccc3c2)c(OC)c1. The van der Waals surface area contributed by atoms with Crippen molar-refractivity contribution in [1.29, 1.82) is 0 Å². The second-order valence-electron chi connectivity index (χ2n) is 8.29. The van der Waals surface area contributed by atoms with E-state index in [9.17, 15) is 9.59 Å². The molecule has 3 aromatic carbocycles. The van der Waals surface area contributed by atoms with Gasteiger partial charge in [0.15, 0.2) is 5.78 Å². The maximum absolute atomic E-state index is 13.3. The van der Waals surface area contributed by atoms with Crippen LogP contribution in [0.2, 0.25) is 0 Å². The Labute approximate surface area is 201 Å². The zero-order valence-corrected chi connectivity index (χ0v) is 20.3. The van der Waals surface area contributed by atoms with Crippen molar-refractivity contribution >= 4 is 28.2 Å². The fourth-order valence-corrected chi connectivity index (χ4v) is 3.85. The first-order chi connectivity index (χ1) is 16.4. The van der Waals surface area contributed by atoms with Crippen LogP contribution in [0.5, 0.6) is 11.5 Å². The maximum atomic E-state index is 13.3. The van der Waals surface area contributed by atoms with Crippen molar-refractivity contribution in [3.8, 4) is 11.5 Å². The molecular formula is C27H33N3O4. The smallest absolute Gasteiger partial charge is 0.242 e. The Morgan fingerprint density at radius 1 is 0.941 bits per heavy atom. The molecule has 7 nitrogen and oxygen atoms in total. The van der Waals surface area contributed by atoms with E-state index in [0.717, 1.165) is 22.0 Å². The van der Waals surface area contributed by atoms with Crippen LogP contribution in [-0.4, -0.2) is 57.5 Å². The molecule has 0 aliphatic carbocycles. The molecule has 0 fully saturated rings. The molecule has 0 atom stereocenters. The van der Waals surface area contributed by atoms with E-state index in [1.54, 1.807) is 21.1 Å². The van der Waals surface area contributed by atoms with Crippen molar-refractivity contribution in [2.45, 2.75) is 19.9 Å². The average Bonchev–Trinajstić information content (AvgIpc) is 2.85. The number of amides is 1. The van der Waals surface area contributed by atoms with Crippen LogP contribution in [0.4, 0.5) is 5.69 Å². The van der Waals surface area contributed by atoms with Crippen molar-refractivity contribution in [2.24, 2.45) is 5.73 Å². The number of ketones is 1. The van der Waals surface area contributed by atoms with Crippen LogP contribution in [0.15, 0.2) is 54.6 Å². The largest absolute Gasteiger partial charge is 0.497 e. The third kappa shape index (κ3) is 6.05. The van der Waals surface area contributed by atoms with E-state index < -0.39 is 0 Å². The van der Waals surface area contributed by atoms with Gasteiger partial charge in [0.1, 0.15) is 11.5 Å². The molecule has 180 valence electrons. The number of nitrogens with zero attached hydrogens (tertiary/aromatic N) is 2. The molecule has 0 spiro atoms. The van der Waals surface area contributed by atoms with Gasteiger partial charge in [-0.25, -0.2) is 0 Å². The van der Waals surface area contributed by atoms with E-state index in [1.165, 1.54) is 0 Å². The van der Waals surface area contributed by atoms with Crippen LogP contribution in [0.25, 0.3) is 10.8 Å². The Bertz CT molecular complexity index is 1160.